The molecule has 0 N–H and O–H groups in total. The zero-order chi connectivity index (χ0) is 42.4. The van der Waals surface area contributed by atoms with E-state index in [1.807, 2.05) is 0 Å². The molecule has 0 aliphatic heterocycles. The van der Waals surface area contributed by atoms with E-state index in [4.69, 9.17) is 0 Å². The summed E-state index contributed by atoms with van der Waals surface area (Å²) in [5.74, 6) is 0.585. The van der Waals surface area contributed by atoms with Gasteiger partial charge in [0, 0.05) is 39.3 Å². The van der Waals surface area contributed by atoms with E-state index in [1.165, 1.54) is 120 Å². The molecule has 9 aromatic carbocycles. The van der Waals surface area contributed by atoms with Crippen LogP contribution in [-0.2, 0) is 6.42 Å². The summed E-state index contributed by atoms with van der Waals surface area (Å²) in [5.41, 5.74) is 17.6. The Morgan fingerprint density at radius 1 is 0.469 bits per heavy atom. The van der Waals surface area contributed by atoms with Crippen molar-refractivity contribution >= 4 is 55.6 Å². The minimum absolute atomic E-state index is 0.585. The van der Waals surface area contributed by atoms with E-state index in [1.54, 1.807) is 0 Å². The summed E-state index contributed by atoms with van der Waals surface area (Å²) in [7, 11) is 0. The van der Waals surface area contributed by atoms with Gasteiger partial charge in [0.25, 0.3) is 0 Å². The molecular weight excluding hydrogens is 773 g/mol. The molecule has 1 heterocycles. The summed E-state index contributed by atoms with van der Waals surface area (Å²) in [6.07, 6.45) is 13.3. The van der Waals surface area contributed by atoms with Crippen LogP contribution in [0.5, 0.6) is 0 Å². The fourth-order valence-corrected chi connectivity index (χ4v) is 11.1. The number of rotatable bonds is 8. The molecule has 308 valence electrons. The van der Waals surface area contributed by atoms with Crippen molar-refractivity contribution < 1.29 is 0 Å². The molecule has 2 aliphatic rings. The van der Waals surface area contributed by atoms with Gasteiger partial charge in [-0.1, -0.05) is 183 Å². The van der Waals surface area contributed by atoms with Crippen molar-refractivity contribution in [2.75, 3.05) is 4.90 Å². The molecule has 10 aromatic rings. The van der Waals surface area contributed by atoms with Gasteiger partial charge in [0.1, 0.15) is 0 Å². The second-order valence-electron chi connectivity index (χ2n) is 17.7. The lowest BCUT2D eigenvalue weighted by Crippen LogP contribution is -2.11. The number of nitrogens with zero attached hydrogens (tertiary/aromatic N) is 2. The van der Waals surface area contributed by atoms with Crippen LogP contribution in [0.15, 0.2) is 206 Å². The van der Waals surface area contributed by atoms with E-state index in [9.17, 15) is 0 Å². The van der Waals surface area contributed by atoms with E-state index in [0.717, 1.165) is 29.9 Å². The highest BCUT2D eigenvalue weighted by Gasteiger charge is 2.25. The maximum atomic E-state index is 2.49. The molecule has 2 aliphatic carbocycles. The lowest BCUT2D eigenvalue weighted by atomic mass is 9.80. The predicted molar refractivity (Wildman–Crippen MR) is 272 cm³/mol. The Labute approximate surface area is 376 Å². The third-order valence-corrected chi connectivity index (χ3v) is 14.0. The lowest BCUT2D eigenvalue weighted by Gasteiger charge is -2.29. The average Bonchev–Trinajstić information content (AvgIpc) is 3.72. The third-order valence-electron chi connectivity index (χ3n) is 14.0. The number of fused-ring (bicyclic) bond motifs is 5. The molecule has 0 radical (unpaired) electrons. The third kappa shape index (κ3) is 6.64. The first-order valence-corrected chi connectivity index (χ1v) is 23.3. The Bertz CT molecular complexity index is 3350. The first-order valence-electron chi connectivity index (χ1n) is 23.3. The molecule has 2 heteroatoms. The van der Waals surface area contributed by atoms with Crippen LogP contribution in [0.3, 0.4) is 0 Å². The maximum Gasteiger partial charge on any atom is 0.0543 e. The highest BCUT2D eigenvalue weighted by Crippen LogP contribution is 2.47. The average molecular weight is 823 g/mol. The number of allylic oxidation sites excluding steroid dienone is 1. The monoisotopic (exact) mass is 822 g/mol. The molecule has 2 nitrogen and oxygen atoms in total. The molecule has 1 aromatic heterocycles. The van der Waals surface area contributed by atoms with Crippen LogP contribution in [0.25, 0.3) is 77.6 Å². The van der Waals surface area contributed by atoms with E-state index in [0.29, 0.717) is 5.92 Å². The first kappa shape index (κ1) is 38.3. The van der Waals surface area contributed by atoms with Gasteiger partial charge in [-0.3, -0.25) is 0 Å². The highest BCUT2D eigenvalue weighted by molar-refractivity contribution is 6.06. The van der Waals surface area contributed by atoms with Crippen molar-refractivity contribution in [1.82, 2.24) is 4.57 Å². The van der Waals surface area contributed by atoms with Gasteiger partial charge in [-0.15, -0.1) is 0 Å². The van der Waals surface area contributed by atoms with E-state index in [-0.39, 0.29) is 0 Å². The second kappa shape index (κ2) is 16.4. The van der Waals surface area contributed by atoms with Crippen LogP contribution in [0.2, 0.25) is 0 Å². The fraction of sp³-hybridized carbons (Fsp3) is 0.129. The number of aromatic nitrogens is 1. The highest BCUT2D eigenvalue weighted by atomic mass is 15.1. The van der Waals surface area contributed by atoms with Crippen LogP contribution in [0.4, 0.5) is 17.1 Å². The van der Waals surface area contributed by atoms with Crippen molar-refractivity contribution in [3.8, 4) is 39.1 Å². The standard InChI is InChI=1S/C62H50N2/c1-3-18-44(19-4-1)53-32-15-22-46-23-16-34-56(61(46)53)55-29-9-11-35-58(55)63(50-27-13-24-47(42-50)52-31-14-21-43-20-7-8-28-51(43)52)49-40-38-45(39-41-49)54-33-17-37-60-62(54)57-30-10-12-36-59(57)64(60)48-25-5-2-6-26-48/h2,5-11,13-17,20-35,37-42,44H,1,3-4,12,18-19,36H2. The Morgan fingerprint density at radius 3 is 2.03 bits per heavy atom. The van der Waals surface area contributed by atoms with Gasteiger partial charge in [-0.05, 0) is 135 Å². The molecule has 64 heavy (non-hydrogen) atoms. The topological polar surface area (TPSA) is 8.17 Å². The summed E-state index contributed by atoms with van der Waals surface area (Å²) in [5, 5.41) is 6.55. The Balaban J connectivity index is 1.04. The minimum atomic E-state index is 0.585. The Morgan fingerprint density at radius 2 is 1.16 bits per heavy atom. The molecule has 0 saturated heterocycles. The molecule has 1 fully saturated rings. The zero-order valence-corrected chi connectivity index (χ0v) is 36.1. The van der Waals surface area contributed by atoms with E-state index < -0.39 is 0 Å². The number of hydrogen-bond acceptors (Lipinski definition) is 1. The smallest absolute Gasteiger partial charge is 0.0543 e. The van der Waals surface area contributed by atoms with Gasteiger partial charge in [0.2, 0.25) is 0 Å². The molecule has 0 atom stereocenters. The molecule has 0 spiro atoms. The van der Waals surface area contributed by atoms with Gasteiger partial charge in [-0.2, -0.15) is 0 Å². The van der Waals surface area contributed by atoms with E-state index >= 15 is 0 Å². The quantitative estimate of drug-likeness (QED) is 0.148. The summed E-state index contributed by atoms with van der Waals surface area (Å²) < 4.78 is 2.49. The largest absolute Gasteiger partial charge is 0.313 e. The number of hydrogen-bond donors (Lipinski definition) is 0. The van der Waals surface area contributed by atoms with Crippen LogP contribution < -0.4 is 4.90 Å². The Kier molecular flexibility index (Phi) is 9.79. The normalized spacial score (nSPS) is 14.0. The van der Waals surface area contributed by atoms with Crippen molar-refractivity contribution in [1.29, 1.82) is 0 Å². The summed E-state index contributed by atoms with van der Waals surface area (Å²) in [4.78, 5) is 2.49. The van der Waals surface area contributed by atoms with Gasteiger partial charge >= 0.3 is 0 Å². The molecule has 0 bridgehead atoms. The Hall–Kier alpha value is -7.42. The van der Waals surface area contributed by atoms with Gasteiger partial charge in [-0.25, -0.2) is 0 Å². The lowest BCUT2D eigenvalue weighted by molar-refractivity contribution is 0.445. The molecule has 0 unspecified atom stereocenters. The number of benzene rings is 9. The zero-order valence-electron chi connectivity index (χ0n) is 36.1. The number of para-hydroxylation sites is 2. The molecular formula is C62H50N2. The summed E-state index contributed by atoms with van der Waals surface area (Å²) in [6, 6.07) is 74.6. The van der Waals surface area contributed by atoms with Crippen LogP contribution in [0, 0.1) is 0 Å². The minimum Gasteiger partial charge on any atom is -0.313 e. The van der Waals surface area contributed by atoms with Gasteiger partial charge in [0.05, 0.1) is 11.2 Å². The van der Waals surface area contributed by atoms with Gasteiger partial charge in [0.15, 0.2) is 0 Å². The van der Waals surface area contributed by atoms with Crippen molar-refractivity contribution in [2.45, 2.75) is 50.9 Å². The van der Waals surface area contributed by atoms with E-state index in [2.05, 4.69) is 222 Å². The van der Waals surface area contributed by atoms with Gasteiger partial charge < -0.3 is 9.47 Å². The number of anilines is 3. The molecule has 12 rings (SSSR count). The molecule has 0 amide bonds. The van der Waals surface area contributed by atoms with Crippen LogP contribution >= 0.6 is 0 Å². The van der Waals surface area contributed by atoms with Crippen molar-refractivity contribution in [3.63, 3.8) is 0 Å². The van der Waals surface area contributed by atoms with Crippen LogP contribution in [0.1, 0.15) is 61.3 Å². The summed E-state index contributed by atoms with van der Waals surface area (Å²) >= 11 is 0. The molecule has 1 saturated carbocycles. The second-order valence-corrected chi connectivity index (χ2v) is 17.7. The van der Waals surface area contributed by atoms with Crippen molar-refractivity contribution in [3.05, 3.63) is 223 Å². The SMILES string of the molecule is C1=Cc2c(n(-c3ccccc3)c3cccc(-c4ccc(N(c5cccc(-c6cccc7ccccc67)c5)c5ccccc5-c5cccc6cccc(C7CCCCC7)c56)cc4)c23)CC1. The maximum absolute atomic E-state index is 2.49. The summed E-state index contributed by atoms with van der Waals surface area (Å²) in [6.45, 7) is 0. The predicted octanol–water partition coefficient (Wildman–Crippen LogP) is 17.4. The fourth-order valence-electron chi connectivity index (χ4n) is 11.1. The first-order chi connectivity index (χ1) is 31.8. The van der Waals surface area contributed by atoms with Crippen molar-refractivity contribution in [2.24, 2.45) is 0 Å². The van der Waals surface area contributed by atoms with Crippen LogP contribution in [-0.4, -0.2) is 4.57 Å².